The number of amides is 2. The number of nitrogens with zero attached hydrogens (tertiary/aromatic N) is 3. The van der Waals surface area contributed by atoms with Gasteiger partial charge in [0.1, 0.15) is 5.82 Å². The molecule has 5 rings (SSSR count). The molecule has 1 aliphatic heterocycles. The second kappa shape index (κ2) is 11.8. The number of likely N-dealkylation sites (tertiary alicyclic amines) is 1. The summed E-state index contributed by atoms with van der Waals surface area (Å²) in [5.41, 5.74) is 8.09. The molecule has 2 fully saturated rings. The van der Waals surface area contributed by atoms with Crippen molar-refractivity contribution in [3.8, 4) is 0 Å². The van der Waals surface area contributed by atoms with Crippen LogP contribution in [0.5, 0.6) is 0 Å². The standard InChI is InChI=1S/C31H38N4O2/c32-29(36)19-26-15-25(18-28-11-12-31(37)35(28)22-24-9-5-2-6-10-24)16-27(17-26)20-30-33-13-14-34(30)21-23-7-3-1-4-8-23/h1-10,13-14,25-28H,11-12,15-22H2,(H2,32,36)/t25-,26+,27?,28+/m1/s1. The molecule has 2 aromatic carbocycles. The maximum absolute atomic E-state index is 12.8. The first kappa shape index (κ1) is 25.2. The van der Waals surface area contributed by atoms with Crippen LogP contribution in [0, 0.1) is 17.8 Å². The van der Waals surface area contributed by atoms with Crippen LogP contribution in [0.25, 0.3) is 0 Å². The first-order chi connectivity index (χ1) is 18.0. The Balaban J connectivity index is 1.27. The van der Waals surface area contributed by atoms with Crippen molar-refractivity contribution >= 4 is 11.8 Å². The molecule has 1 unspecified atom stereocenters. The number of hydrogen-bond donors (Lipinski definition) is 1. The number of carbonyl (C=O) groups is 2. The zero-order chi connectivity index (χ0) is 25.6. The van der Waals surface area contributed by atoms with Gasteiger partial charge in [-0.3, -0.25) is 9.59 Å². The van der Waals surface area contributed by atoms with Crippen molar-refractivity contribution in [3.63, 3.8) is 0 Å². The minimum Gasteiger partial charge on any atom is -0.370 e. The average molecular weight is 499 g/mol. The Kier molecular flexibility index (Phi) is 8.02. The molecule has 1 aliphatic carbocycles. The zero-order valence-corrected chi connectivity index (χ0v) is 21.5. The highest BCUT2D eigenvalue weighted by Gasteiger charge is 2.36. The number of carbonyl (C=O) groups excluding carboxylic acids is 2. The highest BCUT2D eigenvalue weighted by Crippen LogP contribution is 2.40. The van der Waals surface area contributed by atoms with Crippen molar-refractivity contribution in [1.29, 1.82) is 0 Å². The summed E-state index contributed by atoms with van der Waals surface area (Å²) in [6.07, 6.45) is 11.0. The molecule has 0 bridgehead atoms. The van der Waals surface area contributed by atoms with Crippen LogP contribution in [0.1, 0.15) is 61.9 Å². The van der Waals surface area contributed by atoms with E-state index in [9.17, 15) is 9.59 Å². The summed E-state index contributed by atoms with van der Waals surface area (Å²) in [7, 11) is 0. The van der Waals surface area contributed by atoms with Gasteiger partial charge in [0.15, 0.2) is 0 Å². The molecule has 37 heavy (non-hydrogen) atoms. The molecule has 0 spiro atoms. The molecule has 1 aromatic heterocycles. The third-order valence-electron chi connectivity index (χ3n) is 8.21. The van der Waals surface area contributed by atoms with Gasteiger partial charge in [-0.25, -0.2) is 4.98 Å². The minimum absolute atomic E-state index is 0.211. The molecule has 3 aromatic rings. The van der Waals surface area contributed by atoms with Gasteiger partial charge >= 0.3 is 0 Å². The van der Waals surface area contributed by atoms with Crippen LogP contribution in [0.15, 0.2) is 73.1 Å². The van der Waals surface area contributed by atoms with Gasteiger partial charge in [0, 0.05) is 50.8 Å². The number of nitrogens with two attached hydrogens (primary N) is 1. The molecule has 2 heterocycles. The fraction of sp³-hybridized carbons (Fsp3) is 0.452. The van der Waals surface area contributed by atoms with Crippen LogP contribution in [-0.2, 0) is 29.1 Å². The summed E-state index contributed by atoms with van der Waals surface area (Å²) >= 11 is 0. The van der Waals surface area contributed by atoms with E-state index in [1.54, 1.807) is 0 Å². The Morgan fingerprint density at radius 3 is 2.24 bits per heavy atom. The van der Waals surface area contributed by atoms with Gasteiger partial charge in [0.25, 0.3) is 0 Å². The number of benzene rings is 2. The fourth-order valence-corrected chi connectivity index (χ4v) is 6.65. The normalized spacial score (nSPS) is 23.9. The largest absolute Gasteiger partial charge is 0.370 e. The van der Waals surface area contributed by atoms with E-state index in [0.717, 1.165) is 50.9 Å². The Morgan fingerprint density at radius 2 is 1.54 bits per heavy atom. The van der Waals surface area contributed by atoms with E-state index < -0.39 is 0 Å². The molecule has 194 valence electrons. The summed E-state index contributed by atoms with van der Waals surface area (Å²) in [5.74, 6) is 2.40. The van der Waals surface area contributed by atoms with Gasteiger partial charge in [-0.15, -0.1) is 0 Å². The topological polar surface area (TPSA) is 81.2 Å². The predicted molar refractivity (Wildman–Crippen MR) is 144 cm³/mol. The Labute approximate surface area is 219 Å². The number of hydrogen-bond acceptors (Lipinski definition) is 3. The molecule has 1 saturated carbocycles. The van der Waals surface area contributed by atoms with E-state index in [2.05, 4.69) is 52.1 Å². The van der Waals surface area contributed by atoms with E-state index in [0.29, 0.717) is 37.1 Å². The lowest BCUT2D eigenvalue weighted by Crippen LogP contribution is -2.36. The summed E-state index contributed by atoms with van der Waals surface area (Å²) in [4.78, 5) is 31.4. The number of primary amides is 1. The molecule has 2 N–H and O–H groups in total. The smallest absolute Gasteiger partial charge is 0.223 e. The lowest BCUT2D eigenvalue weighted by Gasteiger charge is -2.37. The van der Waals surface area contributed by atoms with Crippen LogP contribution < -0.4 is 5.73 Å². The lowest BCUT2D eigenvalue weighted by molar-refractivity contribution is -0.129. The molecule has 2 aliphatic rings. The fourth-order valence-electron chi connectivity index (χ4n) is 6.65. The SMILES string of the molecule is NC(=O)C[C@@H]1CC(Cc2nccn2Cc2ccccc2)C[C@H](C[C@@H]2CCC(=O)N2Cc2ccccc2)C1. The third kappa shape index (κ3) is 6.68. The highest BCUT2D eigenvalue weighted by molar-refractivity contribution is 5.78. The lowest BCUT2D eigenvalue weighted by atomic mass is 9.71. The van der Waals surface area contributed by atoms with Crippen LogP contribution in [0.3, 0.4) is 0 Å². The Morgan fingerprint density at radius 1 is 0.892 bits per heavy atom. The molecule has 6 nitrogen and oxygen atoms in total. The molecule has 6 heteroatoms. The van der Waals surface area contributed by atoms with E-state index in [4.69, 9.17) is 10.7 Å². The van der Waals surface area contributed by atoms with E-state index in [-0.39, 0.29) is 17.9 Å². The average Bonchev–Trinajstić information content (AvgIpc) is 3.46. The van der Waals surface area contributed by atoms with Crippen molar-refractivity contribution in [3.05, 3.63) is 90.0 Å². The first-order valence-electron chi connectivity index (χ1n) is 13.7. The number of imidazole rings is 1. The van der Waals surface area contributed by atoms with Gasteiger partial charge < -0.3 is 15.2 Å². The number of aromatic nitrogens is 2. The molecule has 1 saturated heterocycles. The van der Waals surface area contributed by atoms with Crippen LogP contribution in [0.2, 0.25) is 0 Å². The van der Waals surface area contributed by atoms with Gasteiger partial charge in [-0.2, -0.15) is 0 Å². The monoisotopic (exact) mass is 498 g/mol. The van der Waals surface area contributed by atoms with Crippen molar-refractivity contribution < 1.29 is 9.59 Å². The quantitative estimate of drug-likeness (QED) is 0.429. The second-order valence-corrected chi connectivity index (χ2v) is 11.1. The molecular formula is C31H38N4O2. The Hall–Kier alpha value is -3.41. The van der Waals surface area contributed by atoms with Crippen molar-refractivity contribution in [2.45, 2.75) is 70.5 Å². The summed E-state index contributed by atoms with van der Waals surface area (Å²) in [6.45, 7) is 1.50. The van der Waals surface area contributed by atoms with E-state index in [1.165, 1.54) is 11.1 Å². The maximum Gasteiger partial charge on any atom is 0.223 e. The molecule has 0 radical (unpaired) electrons. The molecular weight excluding hydrogens is 460 g/mol. The first-order valence-corrected chi connectivity index (χ1v) is 13.7. The van der Waals surface area contributed by atoms with Crippen molar-refractivity contribution in [1.82, 2.24) is 14.5 Å². The van der Waals surface area contributed by atoms with Crippen LogP contribution >= 0.6 is 0 Å². The zero-order valence-electron chi connectivity index (χ0n) is 21.5. The number of rotatable bonds is 10. The van der Waals surface area contributed by atoms with E-state index in [1.807, 2.05) is 30.5 Å². The van der Waals surface area contributed by atoms with Crippen molar-refractivity contribution in [2.24, 2.45) is 23.5 Å². The third-order valence-corrected chi connectivity index (χ3v) is 8.21. The highest BCUT2D eigenvalue weighted by atomic mass is 16.2. The van der Waals surface area contributed by atoms with Gasteiger partial charge in [-0.05, 0) is 61.0 Å². The van der Waals surface area contributed by atoms with Crippen molar-refractivity contribution in [2.75, 3.05) is 0 Å². The van der Waals surface area contributed by atoms with Gasteiger partial charge in [-0.1, -0.05) is 60.7 Å². The summed E-state index contributed by atoms with van der Waals surface area (Å²) in [5, 5.41) is 0. The minimum atomic E-state index is -0.211. The van der Waals surface area contributed by atoms with Gasteiger partial charge in [0.05, 0.1) is 0 Å². The van der Waals surface area contributed by atoms with Crippen LogP contribution in [-0.4, -0.2) is 32.3 Å². The molecule has 2 amide bonds. The Bertz CT molecular complexity index is 1180. The van der Waals surface area contributed by atoms with Gasteiger partial charge in [0.2, 0.25) is 11.8 Å². The summed E-state index contributed by atoms with van der Waals surface area (Å²) in [6, 6.07) is 21.0. The summed E-state index contributed by atoms with van der Waals surface area (Å²) < 4.78 is 2.25. The van der Waals surface area contributed by atoms with E-state index >= 15 is 0 Å². The molecule has 4 atom stereocenters. The second-order valence-electron chi connectivity index (χ2n) is 11.1. The van der Waals surface area contributed by atoms with Crippen LogP contribution in [0.4, 0.5) is 0 Å². The maximum atomic E-state index is 12.8. The predicted octanol–water partition coefficient (Wildman–Crippen LogP) is 4.96.